The Labute approximate surface area is 108 Å². The van der Waals surface area contributed by atoms with Gasteiger partial charge in [0.05, 0.1) is 6.10 Å². The largest absolute Gasteiger partial charge is 0.392 e. The average molecular weight is 325 g/mol. The topological polar surface area (TPSA) is 88.3 Å². The number of hydrogen-bond donors (Lipinski definition) is 1. The first kappa shape index (κ1) is 12.9. The molecule has 96 valence electrons. The summed E-state index contributed by atoms with van der Waals surface area (Å²) in [5, 5.41) is 16.8. The summed E-state index contributed by atoms with van der Waals surface area (Å²) < 4.78 is 27.3. The minimum absolute atomic E-state index is 0.0200. The van der Waals surface area contributed by atoms with E-state index in [1.807, 2.05) is 0 Å². The van der Waals surface area contributed by atoms with Crippen molar-refractivity contribution in [1.29, 1.82) is 0 Å². The van der Waals surface area contributed by atoms with Crippen molar-refractivity contribution in [2.45, 2.75) is 24.0 Å². The lowest BCUT2D eigenvalue weighted by Gasteiger charge is -2.28. The number of aliphatic hydroxyl groups excluding tert-OH is 1. The van der Waals surface area contributed by atoms with Gasteiger partial charge < -0.3 is 5.11 Å². The quantitative estimate of drug-likeness (QED) is 0.808. The Kier molecular flexibility index (Phi) is 3.53. The molecule has 0 radical (unpaired) electrons. The van der Waals surface area contributed by atoms with Gasteiger partial charge in [0, 0.05) is 20.1 Å². The highest BCUT2D eigenvalue weighted by atomic mass is 79.9. The minimum atomic E-state index is -3.65. The fraction of sp³-hybridized carbons (Fsp3) is 0.750. The predicted octanol–water partition coefficient (Wildman–Crippen LogP) is -0.277. The van der Waals surface area contributed by atoms with E-state index < -0.39 is 16.1 Å². The zero-order valence-corrected chi connectivity index (χ0v) is 11.6. The van der Waals surface area contributed by atoms with Crippen LogP contribution in [0, 0.1) is 0 Å². The predicted molar refractivity (Wildman–Crippen MR) is 62.7 cm³/mol. The second-order valence-electron chi connectivity index (χ2n) is 3.97. The van der Waals surface area contributed by atoms with Gasteiger partial charge >= 0.3 is 0 Å². The zero-order chi connectivity index (χ0) is 12.6. The standard InChI is InChI=1S/C8H13BrN4O3S/c1-12-8(7(9)10-11-12)17(15,16)13-4-2-3-6(14)5-13/h6,14H,2-5H2,1H3. The molecule has 1 N–H and O–H groups in total. The van der Waals surface area contributed by atoms with Gasteiger partial charge in [0.15, 0.2) is 4.60 Å². The molecule has 0 aromatic carbocycles. The van der Waals surface area contributed by atoms with Gasteiger partial charge in [-0.05, 0) is 28.8 Å². The number of β-amino-alcohol motifs (C(OH)–C–C–N with tert-alkyl or cyclic N) is 1. The van der Waals surface area contributed by atoms with Gasteiger partial charge in [-0.1, -0.05) is 5.21 Å². The molecule has 0 bridgehead atoms. The van der Waals surface area contributed by atoms with Crippen LogP contribution in [0.4, 0.5) is 0 Å². The van der Waals surface area contributed by atoms with Crippen molar-refractivity contribution in [3.8, 4) is 0 Å². The maximum Gasteiger partial charge on any atom is 0.263 e. The van der Waals surface area contributed by atoms with Crippen LogP contribution in [-0.2, 0) is 17.1 Å². The van der Waals surface area contributed by atoms with E-state index in [2.05, 4.69) is 26.2 Å². The van der Waals surface area contributed by atoms with Crippen molar-refractivity contribution in [2.75, 3.05) is 13.1 Å². The molecule has 17 heavy (non-hydrogen) atoms. The Morgan fingerprint density at radius 2 is 2.24 bits per heavy atom. The number of piperidine rings is 1. The number of aryl methyl sites for hydroxylation is 1. The van der Waals surface area contributed by atoms with Crippen LogP contribution in [0.1, 0.15) is 12.8 Å². The molecule has 2 rings (SSSR count). The van der Waals surface area contributed by atoms with Crippen molar-refractivity contribution in [3.05, 3.63) is 4.60 Å². The van der Waals surface area contributed by atoms with Gasteiger partial charge in [0.25, 0.3) is 10.0 Å². The lowest BCUT2D eigenvalue weighted by Crippen LogP contribution is -2.42. The monoisotopic (exact) mass is 324 g/mol. The van der Waals surface area contributed by atoms with Crippen molar-refractivity contribution in [3.63, 3.8) is 0 Å². The second kappa shape index (κ2) is 4.63. The minimum Gasteiger partial charge on any atom is -0.392 e. The molecule has 1 aliphatic rings. The Bertz CT molecular complexity index is 495. The fourth-order valence-electron chi connectivity index (χ4n) is 1.86. The van der Waals surface area contributed by atoms with Crippen LogP contribution < -0.4 is 0 Å². The van der Waals surface area contributed by atoms with E-state index in [0.29, 0.717) is 19.4 Å². The molecule has 1 aliphatic heterocycles. The summed E-state index contributed by atoms with van der Waals surface area (Å²) in [6.07, 6.45) is 0.693. The number of hydrogen-bond acceptors (Lipinski definition) is 5. The van der Waals surface area contributed by atoms with E-state index in [0.717, 1.165) is 0 Å². The highest BCUT2D eigenvalue weighted by Crippen LogP contribution is 2.24. The lowest BCUT2D eigenvalue weighted by atomic mass is 10.1. The number of halogens is 1. The molecule has 1 atom stereocenters. The summed E-state index contributed by atoms with van der Waals surface area (Å²) in [7, 11) is -2.13. The first-order valence-corrected chi connectivity index (χ1v) is 7.39. The van der Waals surface area contributed by atoms with Crippen molar-refractivity contribution in [1.82, 2.24) is 19.3 Å². The third-order valence-corrected chi connectivity index (χ3v) is 5.43. The van der Waals surface area contributed by atoms with Crippen LogP contribution in [0.25, 0.3) is 0 Å². The number of rotatable bonds is 2. The van der Waals surface area contributed by atoms with Gasteiger partial charge in [-0.15, -0.1) is 5.10 Å². The van der Waals surface area contributed by atoms with Crippen LogP contribution in [0.5, 0.6) is 0 Å². The molecule has 1 unspecified atom stereocenters. The Morgan fingerprint density at radius 3 is 2.76 bits per heavy atom. The van der Waals surface area contributed by atoms with Crippen LogP contribution >= 0.6 is 15.9 Å². The highest BCUT2D eigenvalue weighted by molar-refractivity contribution is 9.10. The molecule has 2 heterocycles. The van der Waals surface area contributed by atoms with Crippen molar-refractivity contribution >= 4 is 26.0 Å². The molecule has 1 fully saturated rings. The van der Waals surface area contributed by atoms with Crippen LogP contribution in [0.3, 0.4) is 0 Å². The summed E-state index contributed by atoms with van der Waals surface area (Å²) in [6.45, 7) is 0.539. The Morgan fingerprint density at radius 1 is 1.53 bits per heavy atom. The molecular formula is C8H13BrN4O3S. The molecular weight excluding hydrogens is 312 g/mol. The molecule has 1 aromatic heterocycles. The summed E-state index contributed by atoms with van der Waals surface area (Å²) in [4.78, 5) is 0. The second-order valence-corrected chi connectivity index (χ2v) is 6.57. The van der Waals surface area contributed by atoms with Crippen molar-refractivity contribution < 1.29 is 13.5 Å². The molecule has 0 spiro atoms. The summed E-state index contributed by atoms with van der Waals surface area (Å²) in [6, 6.07) is 0. The fourth-order valence-corrected chi connectivity index (χ4v) is 4.41. The lowest BCUT2D eigenvalue weighted by molar-refractivity contribution is 0.107. The van der Waals surface area contributed by atoms with E-state index in [4.69, 9.17) is 0 Å². The smallest absolute Gasteiger partial charge is 0.263 e. The maximum absolute atomic E-state index is 12.3. The average Bonchev–Trinajstić information content (AvgIpc) is 2.59. The third-order valence-electron chi connectivity index (χ3n) is 2.68. The van der Waals surface area contributed by atoms with Gasteiger partial charge in [0.1, 0.15) is 0 Å². The highest BCUT2D eigenvalue weighted by Gasteiger charge is 2.33. The Balaban J connectivity index is 2.36. The van der Waals surface area contributed by atoms with Crippen LogP contribution in [0.15, 0.2) is 9.63 Å². The SMILES string of the molecule is Cn1nnc(Br)c1S(=O)(=O)N1CCCC(O)C1. The summed E-state index contributed by atoms with van der Waals surface area (Å²) in [5.74, 6) is 0. The first-order valence-electron chi connectivity index (χ1n) is 5.16. The number of sulfonamides is 1. The number of aromatic nitrogens is 3. The number of nitrogens with zero attached hydrogens (tertiary/aromatic N) is 4. The molecule has 0 amide bonds. The zero-order valence-electron chi connectivity index (χ0n) is 9.24. The van der Waals surface area contributed by atoms with E-state index in [-0.39, 0.29) is 16.2 Å². The summed E-state index contributed by atoms with van der Waals surface area (Å²) >= 11 is 3.07. The van der Waals surface area contributed by atoms with E-state index in [1.165, 1.54) is 16.0 Å². The molecule has 9 heteroatoms. The molecule has 1 aromatic rings. The van der Waals surface area contributed by atoms with Crippen LogP contribution in [0.2, 0.25) is 0 Å². The van der Waals surface area contributed by atoms with Gasteiger partial charge in [-0.3, -0.25) is 0 Å². The van der Waals surface area contributed by atoms with E-state index in [9.17, 15) is 13.5 Å². The molecule has 1 saturated heterocycles. The number of aliphatic hydroxyl groups is 1. The Hall–Kier alpha value is -0.510. The van der Waals surface area contributed by atoms with E-state index in [1.54, 1.807) is 0 Å². The normalized spacial score (nSPS) is 22.9. The third kappa shape index (κ3) is 2.37. The van der Waals surface area contributed by atoms with Crippen molar-refractivity contribution in [2.24, 2.45) is 7.05 Å². The van der Waals surface area contributed by atoms with Crippen LogP contribution in [-0.4, -0.2) is 52.0 Å². The van der Waals surface area contributed by atoms with E-state index >= 15 is 0 Å². The first-order chi connectivity index (χ1) is 7.93. The summed E-state index contributed by atoms with van der Waals surface area (Å²) in [5.41, 5.74) is 0. The molecule has 0 aliphatic carbocycles. The molecule has 7 nitrogen and oxygen atoms in total. The van der Waals surface area contributed by atoms with Gasteiger partial charge in [0.2, 0.25) is 5.03 Å². The molecule has 0 saturated carbocycles. The maximum atomic E-state index is 12.3. The van der Waals surface area contributed by atoms with Gasteiger partial charge in [-0.25, -0.2) is 13.1 Å². The van der Waals surface area contributed by atoms with Gasteiger partial charge in [-0.2, -0.15) is 4.31 Å².